The van der Waals surface area contributed by atoms with Gasteiger partial charge in [0.2, 0.25) is 0 Å². The summed E-state index contributed by atoms with van der Waals surface area (Å²) in [5.41, 5.74) is -0.0858. The van der Waals surface area contributed by atoms with Crippen LogP contribution in [0.1, 0.15) is 25.2 Å². The molecule has 3 rings (SSSR count). The molecule has 0 spiro atoms. The second-order valence-corrected chi connectivity index (χ2v) is 6.60. The number of esters is 1. The fourth-order valence-corrected chi connectivity index (χ4v) is 2.55. The van der Waals surface area contributed by atoms with Gasteiger partial charge >= 0.3 is 5.97 Å². The van der Waals surface area contributed by atoms with E-state index in [0.717, 1.165) is 5.56 Å². The molecule has 2 aromatic carbocycles. The van der Waals surface area contributed by atoms with E-state index in [1.165, 1.54) is 24.3 Å². The monoisotopic (exact) mass is 368 g/mol. The van der Waals surface area contributed by atoms with Crippen LogP contribution in [0.5, 0.6) is 5.75 Å². The van der Waals surface area contributed by atoms with Gasteiger partial charge < -0.3 is 14.0 Å². The van der Waals surface area contributed by atoms with Gasteiger partial charge in [-0.05, 0) is 43.7 Å². The number of carbonyl (C=O) groups excluding carboxylic acids is 1. The number of carbonyl (C=O) groups is 1. The molecule has 0 saturated carbocycles. The molecule has 1 heterocycles. The van der Waals surface area contributed by atoms with E-state index in [4.69, 9.17) is 9.47 Å². The highest BCUT2D eigenvalue weighted by Gasteiger charge is 2.32. The molecule has 0 unspecified atom stereocenters. The maximum Gasteiger partial charge on any atom is 0.350 e. The Morgan fingerprint density at radius 3 is 2.52 bits per heavy atom. The predicted molar refractivity (Wildman–Crippen MR) is 98.7 cm³/mol. The molecule has 0 radical (unpaired) electrons. The van der Waals surface area contributed by atoms with Crippen molar-refractivity contribution in [3.8, 4) is 5.75 Å². The van der Waals surface area contributed by atoms with Gasteiger partial charge in [-0.2, -0.15) is 0 Å². The molecule has 0 amide bonds. The molecule has 0 bridgehead atoms. The van der Waals surface area contributed by atoms with Gasteiger partial charge in [0.1, 0.15) is 24.0 Å². The van der Waals surface area contributed by atoms with Crippen molar-refractivity contribution in [3.05, 3.63) is 84.2 Å². The van der Waals surface area contributed by atoms with Crippen LogP contribution in [0.25, 0.3) is 0 Å². The molecule has 0 atom stereocenters. The van der Waals surface area contributed by atoms with Crippen LogP contribution >= 0.6 is 0 Å². The summed E-state index contributed by atoms with van der Waals surface area (Å²) < 4.78 is 26.0. The van der Waals surface area contributed by atoms with E-state index in [1.807, 2.05) is 41.1 Å². The van der Waals surface area contributed by atoms with E-state index in [1.54, 1.807) is 20.0 Å². The van der Waals surface area contributed by atoms with Crippen molar-refractivity contribution in [2.24, 2.45) is 0 Å². The van der Waals surface area contributed by atoms with E-state index < -0.39 is 11.6 Å². The van der Waals surface area contributed by atoms with E-state index in [2.05, 4.69) is 4.98 Å². The summed E-state index contributed by atoms with van der Waals surface area (Å²) in [7, 11) is 0. The van der Waals surface area contributed by atoms with Crippen molar-refractivity contribution in [2.75, 3.05) is 0 Å². The highest BCUT2D eigenvalue weighted by atomic mass is 19.1. The Kier molecular flexibility index (Phi) is 5.54. The average molecular weight is 368 g/mol. The van der Waals surface area contributed by atoms with Crippen LogP contribution in [0.4, 0.5) is 4.39 Å². The van der Waals surface area contributed by atoms with Gasteiger partial charge in [-0.15, -0.1) is 0 Å². The van der Waals surface area contributed by atoms with Gasteiger partial charge in [0, 0.05) is 18.9 Å². The lowest BCUT2D eigenvalue weighted by Crippen LogP contribution is -2.39. The molecule has 3 aromatic rings. The zero-order valence-corrected chi connectivity index (χ0v) is 15.3. The Morgan fingerprint density at radius 1 is 1.11 bits per heavy atom. The smallest absolute Gasteiger partial charge is 0.350 e. The summed E-state index contributed by atoms with van der Waals surface area (Å²) in [5.74, 6) is 0.141. The average Bonchev–Trinajstić information content (AvgIpc) is 3.09. The number of aromatic nitrogens is 2. The molecule has 0 saturated heterocycles. The molecule has 0 fully saturated rings. The molecular weight excluding hydrogens is 347 g/mol. The van der Waals surface area contributed by atoms with E-state index >= 15 is 0 Å². The standard InChI is InChI=1S/C21H21FN2O3/c1-21(2,27-18-10-8-17(22)9-11-18)20(25)26-15-19-23-12-13-24(19)14-16-6-4-3-5-7-16/h3-13H,14-15H2,1-2H3. The predicted octanol–water partition coefficient (Wildman–Crippen LogP) is 3.97. The number of rotatable bonds is 7. The SMILES string of the molecule is CC(C)(Oc1ccc(F)cc1)C(=O)OCc1nccn1Cc1ccccc1. The van der Waals surface area contributed by atoms with Gasteiger partial charge in [0.25, 0.3) is 0 Å². The number of ether oxygens (including phenoxy) is 2. The van der Waals surface area contributed by atoms with Crippen LogP contribution in [0.2, 0.25) is 0 Å². The maximum atomic E-state index is 13.0. The lowest BCUT2D eigenvalue weighted by atomic mass is 10.1. The van der Waals surface area contributed by atoms with Crippen LogP contribution in [0, 0.1) is 5.82 Å². The van der Waals surface area contributed by atoms with Crippen LogP contribution in [0.15, 0.2) is 67.0 Å². The Labute approximate surface area is 157 Å². The molecule has 1 aromatic heterocycles. The number of imidazole rings is 1. The van der Waals surface area contributed by atoms with Gasteiger partial charge in [-0.1, -0.05) is 30.3 Å². The zero-order valence-electron chi connectivity index (χ0n) is 15.3. The summed E-state index contributed by atoms with van der Waals surface area (Å²) >= 11 is 0. The number of hydrogen-bond donors (Lipinski definition) is 0. The van der Waals surface area contributed by atoms with Crippen LogP contribution in [0.3, 0.4) is 0 Å². The summed E-state index contributed by atoms with van der Waals surface area (Å²) in [4.78, 5) is 16.7. The first-order valence-corrected chi connectivity index (χ1v) is 8.60. The van der Waals surface area contributed by atoms with Gasteiger partial charge in [-0.25, -0.2) is 14.2 Å². The minimum atomic E-state index is -1.21. The first kappa shape index (κ1) is 18.6. The van der Waals surface area contributed by atoms with Crippen LogP contribution in [-0.4, -0.2) is 21.1 Å². The molecule has 0 N–H and O–H groups in total. The maximum absolute atomic E-state index is 13.0. The number of nitrogens with zero attached hydrogens (tertiary/aromatic N) is 2. The van der Waals surface area contributed by atoms with Gasteiger partial charge in [0.15, 0.2) is 5.60 Å². The highest BCUT2D eigenvalue weighted by Crippen LogP contribution is 2.20. The molecule has 0 aliphatic carbocycles. The lowest BCUT2D eigenvalue weighted by molar-refractivity contribution is -0.161. The fraction of sp³-hybridized carbons (Fsp3) is 0.238. The Hall–Kier alpha value is -3.15. The van der Waals surface area contributed by atoms with E-state index in [9.17, 15) is 9.18 Å². The van der Waals surface area contributed by atoms with Crippen molar-refractivity contribution < 1.29 is 18.7 Å². The lowest BCUT2D eigenvalue weighted by Gasteiger charge is -2.24. The quantitative estimate of drug-likeness (QED) is 0.592. The third-order valence-corrected chi connectivity index (χ3v) is 4.01. The Balaban J connectivity index is 1.60. The Bertz CT molecular complexity index is 889. The van der Waals surface area contributed by atoms with Crippen molar-refractivity contribution in [1.82, 2.24) is 9.55 Å². The third kappa shape index (κ3) is 4.94. The van der Waals surface area contributed by atoms with Crippen molar-refractivity contribution >= 4 is 5.97 Å². The number of hydrogen-bond acceptors (Lipinski definition) is 4. The second kappa shape index (κ2) is 8.03. The number of halogens is 1. The van der Waals surface area contributed by atoms with Crippen LogP contribution < -0.4 is 4.74 Å². The summed E-state index contributed by atoms with van der Waals surface area (Å²) in [6, 6.07) is 15.4. The van der Waals surface area contributed by atoms with E-state index in [0.29, 0.717) is 18.1 Å². The topological polar surface area (TPSA) is 53.4 Å². The summed E-state index contributed by atoms with van der Waals surface area (Å²) in [6.07, 6.45) is 3.52. The number of benzene rings is 2. The third-order valence-electron chi connectivity index (χ3n) is 4.01. The molecule has 5 nitrogen and oxygen atoms in total. The second-order valence-electron chi connectivity index (χ2n) is 6.60. The molecule has 6 heteroatoms. The first-order valence-electron chi connectivity index (χ1n) is 8.60. The molecule has 140 valence electrons. The van der Waals surface area contributed by atoms with Crippen LogP contribution in [-0.2, 0) is 22.7 Å². The molecular formula is C21H21FN2O3. The minimum Gasteiger partial charge on any atom is -0.476 e. The zero-order chi connectivity index (χ0) is 19.3. The largest absolute Gasteiger partial charge is 0.476 e. The highest BCUT2D eigenvalue weighted by molar-refractivity contribution is 5.79. The van der Waals surface area contributed by atoms with Crippen molar-refractivity contribution in [2.45, 2.75) is 32.6 Å². The molecule has 27 heavy (non-hydrogen) atoms. The van der Waals surface area contributed by atoms with Gasteiger partial charge in [-0.3, -0.25) is 0 Å². The summed E-state index contributed by atoms with van der Waals surface area (Å²) in [5, 5.41) is 0. The van der Waals surface area contributed by atoms with E-state index in [-0.39, 0.29) is 12.4 Å². The fourth-order valence-electron chi connectivity index (χ4n) is 2.55. The van der Waals surface area contributed by atoms with Crippen molar-refractivity contribution in [3.63, 3.8) is 0 Å². The van der Waals surface area contributed by atoms with Crippen molar-refractivity contribution in [1.29, 1.82) is 0 Å². The summed E-state index contributed by atoms with van der Waals surface area (Å²) in [6.45, 7) is 3.89. The minimum absolute atomic E-state index is 0.0366. The molecule has 0 aliphatic rings. The first-order chi connectivity index (χ1) is 12.9. The Morgan fingerprint density at radius 2 is 1.81 bits per heavy atom. The molecule has 0 aliphatic heterocycles. The normalized spacial score (nSPS) is 11.2. The van der Waals surface area contributed by atoms with Gasteiger partial charge in [0.05, 0.1) is 0 Å².